The summed E-state index contributed by atoms with van der Waals surface area (Å²) in [5.74, 6) is -0.0344. The zero-order valence-corrected chi connectivity index (χ0v) is 15.8. The minimum atomic E-state index is -0.0344. The number of amides is 1. The van der Waals surface area contributed by atoms with E-state index in [9.17, 15) is 4.79 Å². The first-order valence-electron chi connectivity index (χ1n) is 9.48. The van der Waals surface area contributed by atoms with Gasteiger partial charge >= 0.3 is 0 Å². The molecule has 0 bridgehead atoms. The van der Waals surface area contributed by atoms with Gasteiger partial charge in [-0.05, 0) is 53.3 Å². The van der Waals surface area contributed by atoms with Crippen LogP contribution in [0.15, 0.2) is 66.7 Å². The Morgan fingerprint density at radius 1 is 0.926 bits per heavy atom. The Balaban J connectivity index is 1.72. The van der Waals surface area contributed by atoms with E-state index in [1.807, 2.05) is 30.3 Å². The van der Waals surface area contributed by atoms with Gasteiger partial charge in [-0.15, -0.1) is 0 Å². The van der Waals surface area contributed by atoms with Crippen molar-refractivity contribution in [2.24, 2.45) is 0 Å². The molecule has 4 rings (SSSR count). The number of fused-ring (bicyclic) bond motifs is 1. The smallest absolute Gasteiger partial charge is 0.256 e. The number of carbonyl (C=O) groups is 1. The number of rotatable bonds is 4. The van der Waals surface area contributed by atoms with Gasteiger partial charge in [0.05, 0.1) is 0 Å². The van der Waals surface area contributed by atoms with E-state index in [1.54, 1.807) is 0 Å². The average Bonchev–Trinajstić information content (AvgIpc) is 3.00. The second-order valence-electron chi connectivity index (χ2n) is 7.07. The molecule has 0 unspecified atom stereocenters. The van der Waals surface area contributed by atoms with Gasteiger partial charge in [-0.2, -0.15) is 0 Å². The van der Waals surface area contributed by atoms with Crippen molar-refractivity contribution in [3.63, 3.8) is 0 Å². The minimum absolute atomic E-state index is 0.0344. The normalized spacial score (nSPS) is 14.3. The van der Waals surface area contributed by atoms with Gasteiger partial charge in [0.1, 0.15) is 0 Å². The highest BCUT2D eigenvalue weighted by atomic mass is 16.2. The van der Waals surface area contributed by atoms with Gasteiger partial charge in [0.2, 0.25) is 0 Å². The number of hydrogen-bond acceptors (Lipinski definition) is 1. The summed E-state index contributed by atoms with van der Waals surface area (Å²) in [5, 5.41) is 3.02. The van der Waals surface area contributed by atoms with Gasteiger partial charge in [0, 0.05) is 16.8 Å². The van der Waals surface area contributed by atoms with Crippen LogP contribution in [0.25, 0.3) is 22.8 Å². The van der Waals surface area contributed by atoms with Gasteiger partial charge in [-0.25, -0.2) is 0 Å². The Bertz CT molecular complexity index is 1030. The van der Waals surface area contributed by atoms with Crippen LogP contribution in [0, 0.1) is 6.92 Å². The molecule has 1 aliphatic rings. The molecule has 0 spiro atoms. The van der Waals surface area contributed by atoms with Gasteiger partial charge < -0.3 is 5.32 Å². The first kappa shape index (κ1) is 17.3. The van der Waals surface area contributed by atoms with E-state index < -0.39 is 0 Å². The second kappa shape index (κ2) is 7.24. The van der Waals surface area contributed by atoms with Crippen LogP contribution in [0.1, 0.15) is 35.6 Å². The van der Waals surface area contributed by atoms with Crippen LogP contribution in [0.2, 0.25) is 0 Å². The third-order valence-electron chi connectivity index (χ3n) is 5.11. The molecule has 3 aromatic rings. The first-order valence-corrected chi connectivity index (χ1v) is 9.48. The summed E-state index contributed by atoms with van der Waals surface area (Å²) in [4.78, 5) is 12.6. The number of anilines is 1. The van der Waals surface area contributed by atoms with Crippen LogP contribution in [-0.4, -0.2) is 5.91 Å². The van der Waals surface area contributed by atoms with Crippen molar-refractivity contribution < 1.29 is 4.79 Å². The highest BCUT2D eigenvalue weighted by Gasteiger charge is 2.24. The molecule has 0 saturated carbocycles. The summed E-state index contributed by atoms with van der Waals surface area (Å²) in [7, 11) is 0. The fraction of sp³-hybridized carbons (Fsp3) is 0.160. The maximum Gasteiger partial charge on any atom is 0.256 e. The first-order chi connectivity index (χ1) is 13.2. The topological polar surface area (TPSA) is 29.1 Å². The molecule has 1 amide bonds. The molecule has 1 heterocycles. The highest BCUT2D eigenvalue weighted by molar-refractivity contribution is 6.35. The Morgan fingerprint density at radius 3 is 2.52 bits per heavy atom. The van der Waals surface area contributed by atoms with E-state index in [1.165, 1.54) is 11.1 Å². The van der Waals surface area contributed by atoms with Crippen LogP contribution in [0.4, 0.5) is 5.69 Å². The summed E-state index contributed by atoms with van der Waals surface area (Å²) >= 11 is 0. The minimum Gasteiger partial charge on any atom is -0.321 e. The molecule has 1 aliphatic heterocycles. The van der Waals surface area contributed by atoms with Crippen molar-refractivity contribution in [3.05, 3.63) is 89.0 Å². The summed E-state index contributed by atoms with van der Waals surface area (Å²) in [5.41, 5.74) is 8.58. The maximum atomic E-state index is 12.6. The van der Waals surface area contributed by atoms with Crippen LogP contribution >= 0.6 is 0 Å². The maximum absolute atomic E-state index is 12.6. The van der Waals surface area contributed by atoms with Crippen LogP contribution in [0.5, 0.6) is 0 Å². The van der Waals surface area contributed by atoms with Gasteiger partial charge in [0.25, 0.3) is 5.91 Å². The standard InChI is InChI=1S/C25H23NO/c1-3-7-20-14-18(11-10-17(20)2)15-23-22-13-12-21(16-24(22)26-25(23)27)19-8-5-4-6-9-19/h4-6,8-16H,3,7H2,1-2H3,(H,26,27)/b23-15-. The van der Waals surface area contributed by atoms with E-state index in [2.05, 4.69) is 61.6 Å². The van der Waals surface area contributed by atoms with Gasteiger partial charge in [-0.3, -0.25) is 4.79 Å². The van der Waals surface area contributed by atoms with E-state index in [-0.39, 0.29) is 5.91 Å². The van der Waals surface area contributed by atoms with Gasteiger partial charge in [-0.1, -0.05) is 74.0 Å². The highest BCUT2D eigenvalue weighted by Crippen LogP contribution is 2.36. The second-order valence-corrected chi connectivity index (χ2v) is 7.07. The van der Waals surface area contributed by atoms with E-state index in [0.717, 1.165) is 46.4 Å². The molecular formula is C25H23NO. The molecule has 2 heteroatoms. The Morgan fingerprint density at radius 2 is 1.74 bits per heavy atom. The predicted molar refractivity (Wildman–Crippen MR) is 114 cm³/mol. The third-order valence-corrected chi connectivity index (χ3v) is 5.11. The lowest BCUT2D eigenvalue weighted by molar-refractivity contribution is -0.110. The fourth-order valence-electron chi connectivity index (χ4n) is 3.63. The zero-order valence-electron chi connectivity index (χ0n) is 15.8. The Kier molecular flexibility index (Phi) is 4.64. The van der Waals surface area contributed by atoms with Crippen molar-refractivity contribution in [1.82, 2.24) is 0 Å². The summed E-state index contributed by atoms with van der Waals surface area (Å²) in [6.07, 6.45) is 4.18. The lowest BCUT2D eigenvalue weighted by Crippen LogP contribution is -2.03. The molecule has 0 fully saturated rings. The molecule has 0 atom stereocenters. The quantitative estimate of drug-likeness (QED) is 0.564. The number of aryl methyl sites for hydroxylation is 2. The molecule has 0 saturated heterocycles. The SMILES string of the molecule is CCCc1cc(/C=C2\C(=O)Nc3cc(-c4ccccc4)ccc32)ccc1C. The van der Waals surface area contributed by atoms with Crippen LogP contribution in [0.3, 0.4) is 0 Å². The Labute approximate surface area is 160 Å². The molecular weight excluding hydrogens is 330 g/mol. The van der Waals surface area contributed by atoms with Crippen molar-refractivity contribution in [1.29, 1.82) is 0 Å². The molecule has 2 nitrogen and oxygen atoms in total. The zero-order chi connectivity index (χ0) is 18.8. The van der Waals surface area contributed by atoms with Gasteiger partial charge in [0.15, 0.2) is 0 Å². The molecule has 27 heavy (non-hydrogen) atoms. The van der Waals surface area contributed by atoms with E-state index >= 15 is 0 Å². The van der Waals surface area contributed by atoms with E-state index in [0.29, 0.717) is 0 Å². The number of carbonyl (C=O) groups excluding carboxylic acids is 1. The average molecular weight is 353 g/mol. The number of benzene rings is 3. The summed E-state index contributed by atoms with van der Waals surface area (Å²) in [6, 6.07) is 22.8. The molecule has 3 aromatic carbocycles. The van der Waals surface area contributed by atoms with Crippen molar-refractivity contribution in [3.8, 4) is 11.1 Å². The fourth-order valence-corrected chi connectivity index (χ4v) is 3.63. The number of hydrogen-bond donors (Lipinski definition) is 1. The van der Waals surface area contributed by atoms with Crippen LogP contribution < -0.4 is 5.32 Å². The third kappa shape index (κ3) is 3.43. The summed E-state index contributed by atoms with van der Waals surface area (Å²) < 4.78 is 0. The lowest BCUT2D eigenvalue weighted by atomic mass is 9.97. The molecule has 1 N–H and O–H groups in total. The molecule has 134 valence electrons. The van der Waals surface area contributed by atoms with Crippen molar-refractivity contribution >= 4 is 23.2 Å². The van der Waals surface area contributed by atoms with Crippen LogP contribution in [-0.2, 0) is 11.2 Å². The molecule has 0 aromatic heterocycles. The summed E-state index contributed by atoms with van der Waals surface area (Å²) in [6.45, 7) is 4.33. The largest absolute Gasteiger partial charge is 0.321 e. The van der Waals surface area contributed by atoms with Crippen molar-refractivity contribution in [2.45, 2.75) is 26.7 Å². The van der Waals surface area contributed by atoms with E-state index in [4.69, 9.17) is 0 Å². The monoisotopic (exact) mass is 353 g/mol. The van der Waals surface area contributed by atoms with Crippen molar-refractivity contribution in [2.75, 3.05) is 5.32 Å². The number of nitrogens with one attached hydrogen (secondary N) is 1. The molecule has 0 radical (unpaired) electrons. The Hall–Kier alpha value is -3.13. The lowest BCUT2D eigenvalue weighted by Gasteiger charge is -2.07. The molecule has 0 aliphatic carbocycles. The predicted octanol–water partition coefficient (Wildman–Crippen LogP) is 6.11.